The van der Waals surface area contributed by atoms with Crippen LogP contribution in [0.4, 0.5) is 4.39 Å². The van der Waals surface area contributed by atoms with Gasteiger partial charge in [-0.3, -0.25) is 14.2 Å². The molecule has 0 atom stereocenters. The van der Waals surface area contributed by atoms with E-state index in [9.17, 15) is 14.0 Å². The minimum absolute atomic E-state index is 0.0663. The first-order valence-corrected chi connectivity index (χ1v) is 6.93. The molecule has 0 aliphatic carbocycles. The fourth-order valence-electron chi connectivity index (χ4n) is 2.52. The summed E-state index contributed by atoms with van der Waals surface area (Å²) in [6.07, 6.45) is 3.56. The van der Waals surface area contributed by atoms with Crippen molar-refractivity contribution in [2.45, 2.75) is 12.8 Å². The summed E-state index contributed by atoms with van der Waals surface area (Å²) in [6.45, 7) is 1.52. The number of aromatic nitrogens is 1. The lowest BCUT2D eigenvalue weighted by Gasteiger charge is -2.16. The maximum absolute atomic E-state index is 13.0. The Labute approximate surface area is 121 Å². The predicted molar refractivity (Wildman–Crippen MR) is 77.1 cm³/mol. The van der Waals surface area contributed by atoms with Crippen LogP contribution >= 0.6 is 0 Å². The highest BCUT2D eigenvalue weighted by molar-refractivity contribution is 5.94. The number of pyridine rings is 1. The molecule has 0 radical (unpaired) electrons. The number of hydrogen-bond donors (Lipinski definition) is 0. The Morgan fingerprint density at radius 3 is 2.33 bits per heavy atom. The summed E-state index contributed by atoms with van der Waals surface area (Å²) in [4.78, 5) is 26.1. The molecule has 4 nitrogen and oxygen atoms in total. The summed E-state index contributed by atoms with van der Waals surface area (Å²) in [5, 5.41) is 0. The van der Waals surface area contributed by atoms with Gasteiger partial charge in [-0.05, 0) is 43.2 Å². The molecular formula is C16H15FN2O2. The van der Waals surface area contributed by atoms with E-state index in [0.29, 0.717) is 11.3 Å². The van der Waals surface area contributed by atoms with E-state index in [0.717, 1.165) is 25.9 Å². The Bertz CT molecular complexity index is 716. The lowest BCUT2D eigenvalue weighted by atomic mass is 10.2. The van der Waals surface area contributed by atoms with Crippen molar-refractivity contribution in [3.05, 3.63) is 64.3 Å². The summed E-state index contributed by atoms with van der Waals surface area (Å²) >= 11 is 0. The monoisotopic (exact) mass is 286 g/mol. The Balaban J connectivity index is 1.98. The highest BCUT2D eigenvalue weighted by atomic mass is 19.1. The molecule has 1 aromatic heterocycles. The molecule has 1 fully saturated rings. The Hall–Kier alpha value is -2.43. The van der Waals surface area contributed by atoms with Gasteiger partial charge in [0, 0.05) is 31.0 Å². The number of likely N-dealkylation sites (tertiary alicyclic amines) is 1. The predicted octanol–water partition coefficient (Wildman–Crippen LogP) is 2.21. The average Bonchev–Trinajstić information content (AvgIpc) is 3.02. The highest BCUT2D eigenvalue weighted by Gasteiger charge is 2.20. The van der Waals surface area contributed by atoms with Crippen LogP contribution in [0.1, 0.15) is 23.2 Å². The van der Waals surface area contributed by atoms with Crippen LogP contribution in [0.5, 0.6) is 0 Å². The molecule has 3 rings (SSSR count). The van der Waals surface area contributed by atoms with E-state index in [1.807, 2.05) is 0 Å². The number of nitrogens with zero attached hydrogens (tertiary/aromatic N) is 2. The number of carbonyl (C=O) groups excluding carboxylic acids is 1. The third kappa shape index (κ3) is 2.72. The standard InChI is InChI=1S/C16H15FN2O2/c17-13-4-6-14(7-5-13)19-11-12(3-8-15(19)20)16(21)18-9-1-2-10-18/h3-8,11H,1-2,9-10H2. The molecule has 2 aromatic rings. The maximum Gasteiger partial charge on any atom is 0.255 e. The van der Waals surface area contributed by atoms with Crippen molar-refractivity contribution < 1.29 is 9.18 Å². The molecule has 21 heavy (non-hydrogen) atoms. The average molecular weight is 286 g/mol. The van der Waals surface area contributed by atoms with Gasteiger partial charge in [0.15, 0.2) is 0 Å². The van der Waals surface area contributed by atoms with Crippen LogP contribution in [0.2, 0.25) is 0 Å². The first-order valence-electron chi connectivity index (χ1n) is 6.93. The number of carbonyl (C=O) groups is 1. The number of halogens is 1. The Morgan fingerprint density at radius 1 is 1.00 bits per heavy atom. The van der Waals surface area contributed by atoms with Crippen LogP contribution in [0, 0.1) is 5.82 Å². The van der Waals surface area contributed by atoms with Gasteiger partial charge in [0.05, 0.1) is 5.56 Å². The van der Waals surface area contributed by atoms with E-state index in [1.54, 1.807) is 11.0 Å². The fraction of sp³-hybridized carbons (Fsp3) is 0.250. The SMILES string of the molecule is O=C(c1ccc(=O)n(-c2ccc(F)cc2)c1)N1CCCC1. The summed E-state index contributed by atoms with van der Waals surface area (Å²) in [5.74, 6) is -0.431. The molecule has 1 saturated heterocycles. The van der Waals surface area contributed by atoms with Crippen LogP contribution in [0.3, 0.4) is 0 Å². The van der Waals surface area contributed by atoms with Crippen molar-refractivity contribution in [1.29, 1.82) is 0 Å². The third-order valence-corrected chi connectivity index (χ3v) is 3.66. The minimum atomic E-state index is -0.365. The fourth-order valence-corrected chi connectivity index (χ4v) is 2.52. The topological polar surface area (TPSA) is 42.3 Å². The van der Waals surface area contributed by atoms with Gasteiger partial charge in [-0.2, -0.15) is 0 Å². The molecule has 1 aromatic carbocycles. The van der Waals surface area contributed by atoms with Crippen LogP contribution in [0.25, 0.3) is 5.69 Å². The molecule has 0 spiro atoms. The van der Waals surface area contributed by atoms with Crippen LogP contribution in [-0.2, 0) is 0 Å². The normalized spacial score (nSPS) is 14.4. The molecule has 0 saturated carbocycles. The lowest BCUT2D eigenvalue weighted by Crippen LogP contribution is -2.29. The van der Waals surface area contributed by atoms with Crippen molar-refractivity contribution in [2.24, 2.45) is 0 Å². The molecular weight excluding hydrogens is 271 g/mol. The first kappa shape index (κ1) is 13.5. The molecule has 0 N–H and O–H groups in total. The lowest BCUT2D eigenvalue weighted by molar-refractivity contribution is 0.0792. The summed E-state index contributed by atoms with van der Waals surface area (Å²) in [7, 11) is 0. The van der Waals surface area contributed by atoms with Crippen LogP contribution < -0.4 is 5.56 Å². The Kier molecular flexibility index (Phi) is 3.56. The first-order chi connectivity index (χ1) is 10.1. The van der Waals surface area contributed by atoms with Crippen LogP contribution in [0.15, 0.2) is 47.4 Å². The van der Waals surface area contributed by atoms with E-state index < -0.39 is 0 Å². The van der Waals surface area contributed by atoms with E-state index in [1.165, 1.54) is 41.1 Å². The van der Waals surface area contributed by atoms with Crippen molar-refractivity contribution in [3.63, 3.8) is 0 Å². The maximum atomic E-state index is 13.0. The van der Waals surface area contributed by atoms with Crippen LogP contribution in [-0.4, -0.2) is 28.5 Å². The Morgan fingerprint density at radius 2 is 1.67 bits per heavy atom. The van der Waals surface area contributed by atoms with E-state index in [-0.39, 0.29) is 17.3 Å². The van der Waals surface area contributed by atoms with E-state index >= 15 is 0 Å². The summed E-state index contributed by atoms with van der Waals surface area (Å²) < 4.78 is 14.3. The van der Waals surface area contributed by atoms with Gasteiger partial charge in [-0.25, -0.2) is 4.39 Å². The molecule has 1 aliphatic rings. The number of benzene rings is 1. The van der Waals surface area contributed by atoms with Gasteiger partial charge >= 0.3 is 0 Å². The van der Waals surface area contributed by atoms with Gasteiger partial charge in [-0.1, -0.05) is 0 Å². The molecule has 108 valence electrons. The minimum Gasteiger partial charge on any atom is -0.339 e. The van der Waals surface area contributed by atoms with Gasteiger partial charge in [0.2, 0.25) is 0 Å². The van der Waals surface area contributed by atoms with Gasteiger partial charge in [0.25, 0.3) is 11.5 Å². The van der Waals surface area contributed by atoms with Gasteiger partial charge in [0.1, 0.15) is 5.82 Å². The number of hydrogen-bond acceptors (Lipinski definition) is 2. The highest BCUT2D eigenvalue weighted by Crippen LogP contribution is 2.13. The summed E-state index contributed by atoms with van der Waals surface area (Å²) in [6, 6.07) is 8.52. The zero-order valence-corrected chi connectivity index (χ0v) is 11.5. The molecule has 5 heteroatoms. The second-order valence-electron chi connectivity index (χ2n) is 5.10. The largest absolute Gasteiger partial charge is 0.339 e. The molecule has 1 amide bonds. The van der Waals surface area contributed by atoms with Crippen molar-refractivity contribution in [2.75, 3.05) is 13.1 Å². The number of amides is 1. The molecule has 0 unspecified atom stereocenters. The number of rotatable bonds is 2. The summed E-state index contributed by atoms with van der Waals surface area (Å²) in [5.41, 5.74) is 0.762. The molecule has 2 heterocycles. The zero-order valence-electron chi connectivity index (χ0n) is 11.5. The van der Waals surface area contributed by atoms with E-state index in [4.69, 9.17) is 0 Å². The van der Waals surface area contributed by atoms with Gasteiger partial charge in [-0.15, -0.1) is 0 Å². The van der Waals surface area contributed by atoms with E-state index in [2.05, 4.69) is 0 Å². The second-order valence-corrected chi connectivity index (χ2v) is 5.10. The van der Waals surface area contributed by atoms with Crippen molar-refractivity contribution in [3.8, 4) is 5.69 Å². The van der Waals surface area contributed by atoms with Crippen molar-refractivity contribution in [1.82, 2.24) is 9.47 Å². The smallest absolute Gasteiger partial charge is 0.255 e. The van der Waals surface area contributed by atoms with Gasteiger partial charge < -0.3 is 4.90 Å². The third-order valence-electron chi connectivity index (χ3n) is 3.66. The zero-order chi connectivity index (χ0) is 14.8. The second kappa shape index (κ2) is 5.52. The quantitative estimate of drug-likeness (QED) is 0.849. The van der Waals surface area contributed by atoms with Crippen molar-refractivity contribution >= 4 is 5.91 Å². The molecule has 1 aliphatic heterocycles. The molecule has 0 bridgehead atoms.